The minimum atomic E-state index is -0.389. The van der Waals surface area contributed by atoms with Crippen molar-refractivity contribution < 1.29 is 4.92 Å². The van der Waals surface area contributed by atoms with Crippen LogP contribution in [0.5, 0.6) is 0 Å². The van der Waals surface area contributed by atoms with Gasteiger partial charge in [0.25, 0.3) is 5.69 Å². The average molecular weight is 221 g/mol. The number of nitrogens with zero attached hydrogens (tertiary/aromatic N) is 1. The smallest absolute Gasteiger partial charge is 0.258 e. The predicted octanol–water partition coefficient (Wildman–Crippen LogP) is 2.57. The largest absolute Gasteiger partial charge is 0.272 e. The Morgan fingerprint density at radius 2 is 2.27 bits per heavy atom. The number of hydrogen-bond acceptors (Lipinski definition) is 3. The van der Waals surface area contributed by atoms with Gasteiger partial charge in [-0.3, -0.25) is 10.1 Å². The summed E-state index contributed by atoms with van der Waals surface area (Å²) in [5.41, 5.74) is 1.58. The fourth-order valence-electron chi connectivity index (χ4n) is 1.16. The number of aryl methyl sites for hydroxylation is 1. The first-order chi connectivity index (χ1) is 7.15. The molecule has 15 heavy (non-hydrogen) atoms. The van der Waals surface area contributed by atoms with E-state index in [0.29, 0.717) is 5.56 Å². The van der Waals surface area contributed by atoms with Gasteiger partial charge < -0.3 is 0 Å². The third-order valence-electron chi connectivity index (χ3n) is 1.86. The highest BCUT2D eigenvalue weighted by molar-refractivity contribution is 7.80. The molecule has 0 unspecified atom stereocenters. The SMILES string of the molecule is Cc1cc(C#CCCS)ccc1[N+](=O)[O-]. The van der Waals surface area contributed by atoms with Gasteiger partial charge in [-0.2, -0.15) is 12.6 Å². The quantitative estimate of drug-likeness (QED) is 0.361. The summed E-state index contributed by atoms with van der Waals surface area (Å²) in [6.45, 7) is 1.71. The summed E-state index contributed by atoms with van der Waals surface area (Å²) >= 11 is 4.04. The molecule has 4 heteroatoms. The van der Waals surface area contributed by atoms with Gasteiger partial charge in [-0.15, -0.1) is 0 Å². The van der Waals surface area contributed by atoms with Crippen molar-refractivity contribution in [2.24, 2.45) is 0 Å². The number of nitro benzene ring substituents is 1. The highest BCUT2D eigenvalue weighted by Gasteiger charge is 2.08. The van der Waals surface area contributed by atoms with Gasteiger partial charge in [0, 0.05) is 29.4 Å². The molecule has 0 bridgehead atoms. The van der Waals surface area contributed by atoms with E-state index in [4.69, 9.17) is 0 Å². The Bertz CT molecular complexity index is 432. The Balaban J connectivity index is 2.93. The van der Waals surface area contributed by atoms with E-state index in [1.165, 1.54) is 6.07 Å². The lowest BCUT2D eigenvalue weighted by Crippen LogP contribution is -1.91. The zero-order valence-corrected chi connectivity index (χ0v) is 9.25. The van der Waals surface area contributed by atoms with Crippen molar-refractivity contribution in [2.75, 3.05) is 5.75 Å². The second-order valence-electron chi connectivity index (χ2n) is 3.03. The van der Waals surface area contributed by atoms with E-state index < -0.39 is 0 Å². The number of rotatable bonds is 2. The molecule has 0 atom stereocenters. The molecule has 0 saturated carbocycles. The van der Waals surface area contributed by atoms with Crippen LogP contribution >= 0.6 is 12.6 Å². The normalized spacial score (nSPS) is 9.20. The predicted molar refractivity (Wildman–Crippen MR) is 63.2 cm³/mol. The fourth-order valence-corrected chi connectivity index (χ4v) is 1.27. The minimum Gasteiger partial charge on any atom is -0.258 e. The third kappa shape index (κ3) is 3.30. The molecule has 0 aromatic heterocycles. The van der Waals surface area contributed by atoms with E-state index in [0.717, 1.165) is 17.7 Å². The van der Waals surface area contributed by atoms with E-state index in [1.807, 2.05) is 0 Å². The summed E-state index contributed by atoms with van der Waals surface area (Å²) < 4.78 is 0. The van der Waals surface area contributed by atoms with E-state index in [-0.39, 0.29) is 10.6 Å². The summed E-state index contributed by atoms with van der Waals surface area (Å²) in [6, 6.07) is 4.88. The number of hydrogen-bond donors (Lipinski definition) is 1. The second-order valence-corrected chi connectivity index (χ2v) is 3.48. The lowest BCUT2D eigenvalue weighted by atomic mass is 10.1. The topological polar surface area (TPSA) is 43.1 Å². The molecule has 78 valence electrons. The fraction of sp³-hybridized carbons (Fsp3) is 0.273. The molecular formula is C11H11NO2S. The summed E-state index contributed by atoms with van der Waals surface area (Å²) in [4.78, 5) is 10.2. The van der Waals surface area contributed by atoms with Crippen molar-refractivity contribution in [1.29, 1.82) is 0 Å². The molecule has 0 aliphatic heterocycles. The zero-order valence-electron chi connectivity index (χ0n) is 8.36. The Kier molecular flexibility index (Phi) is 4.19. The van der Waals surface area contributed by atoms with Crippen LogP contribution < -0.4 is 0 Å². The molecular weight excluding hydrogens is 210 g/mol. The van der Waals surface area contributed by atoms with Crippen LogP contribution in [0.15, 0.2) is 18.2 Å². The summed E-state index contributed by atoms with van der Waals surface area (Å²) in [6.07, 6.45) is 0.721. The number of nitro groups is 1. The lowest BCUT2D eigenvalue weighted by molar-refractivity contribution is -0.385. The highest BCUT2D eigenvalue weighted by Crippen LogP contribution is 2.18. The van der Waals surface area contributed by atoms with Crippen molar-refractivity contribution in [3.63, 3.8) is 0 Å². The van der Waals surface area contributed by atoms with Gasteiger partial charge in [0.2, 0.25) is 0 Å². The lowest BCUT2D eigenvalue weighted by Gasteiger charge is -1.96. The van der Waals surface area contributed by atoms with E-state index >= 15 is 0 Å². The van der Waals surface area contributed by atoms with Crippen LogP contribution in [-0.4, -0.2) is 10.7 Å². The average Bonchev–Trinajstić information content (AvgIpc) is 2.17. The van der Waals surface area contributed by atoms with Crippen LogP contribution in [-0.2, 0) is 0 Å². The molecule has 1 rings (SSSR count). The van der Waals surface area contributed by atoms with Crippen LogP contribution in [0.25, 0.3) is 0 Å². The molecule has 1 aromatic rings. The van der Waals surface area contributed by atoms with Gasteiger partial charge in [-0.25, -0.2) is 0 Å². The maximum absolute atomic E-state index is 10.6. The van der Waals surface area contributed by atoms with Gasteiger partial charge in [0.05, 0.1) is 4.92 Å². The Morgan fingerprint density at radius 3 is 2.80 bits per heavy atom. The van der Waals surface area contributed by atoms with Crippen molar-refractivity contribution in [1.82, 2.24) is 0 Å². The molecule has 0 radical (unpaired) electrons. The minimum absolute atomic E-state index is 0.134. The summed E-state index contributed by atoms with van der Waals surface area (Å²) in [7, 11) is 0. The zero-order chi connectivity index (χ0) is 11.3. The number of benzene rings is 1. The maximum Gasteiger partial charge on any atom is 0.272 e. The molecule has 0 saturated heterocycles. The van der Waals surface area contributed by atoms with Crippen LogP contribution in [0.1, 0.15) is 17.5 Å². The molecule has 0 aliphatic rings. The van der Waals surface area contributed by atoms with Crippen molar-refractivity contribution in [2.45, 2.75) is 13.3 Å². The van der Waals surface area contributed by atoms with Gasteiger partial charge in [-0.05, 0) is 19.1 Å². The Hall–Kier alpha value is -1.47. The summed E-state index contributed by atoms with van der Waals surface area (Å²) in [5.74, 6) is 6.58. The van der Waals surface area contributed by atoms with Crippen molar-refractivity contribution in [3.8, 4) is 11.8 Å². The van der Waals surface area contributed by atoms with Crippen molar-refractivity contribution >= 4 is 18.3 Å². The molecule has 0 spiro atoms. The van der Waals surface area contributed by atoms with E-state index in [2.05, 4.69) is 24.5 Å². The van der Waals surface area contributed by atoms with Gasteiger partial charge in [0.15, 0.2) is 0 Å². The van der Waals surface area contributed by atoms with Crippen LogP contribution in [0.2, 0.25) is 0 Å². The molecule has 0 heterocycles. The molecule has 0 N–H and O–H groups in total. The summed E-state index contributed by atoms with van der Waals surface area (Å²) in [5, 5.41) is 10.6. The van der Waals surface area contributed by atoms with Crippen molar-refractivity contribution in [3.05, 3.63) is 39.4 Å². The maximum atomic E-state index is 10.6. The van der Waals surface area contributed by atoms with Gasteiger partial charge in [-0.1, -0.05) is 11.8 Å². The standard InChI is InChI=1S/C11H11NO2S/c1-9-8-10(4-2-3-7-15)5-6-11(9)12(13)14/h5-6,8,15H,3,7H2,1H3. The second kappa shape index (κ2) is 5.42. The van der Waals surface area contributed by atoms with E-state index in [1.54, 1.807) is 19.1 Å². The van der Waals surface area contributed by atoms with Gasteiger partial charge >= 0.3 is 0 Å². The molecule has 0 amide bonds. The number of thiol groups is 1. The molecule has 0 aliphatic carbocycles. The first-order valence-electron chi connectivity index (χ1n) is 4.50. The highest BCUT2D eigenvalue weighted by atomic mass is 32.1. The van der Waals surface area contributed by atoms with Crippen LogP contribution in [0.4, 0.5) is 5.69 Å². The first kappa shape index (κ1) is 11.6. The molecule has 0 fully saturated rings. The van der Waals surface area contributed by atoms with Gasteiger partial charge in [0.1, 0.15) is 0 Å². The molecule has 1 aromatic carbocycles. The van der Waals surface area contributed by atoms with Crippen LogP contribution in [0, 0.1) is 28.9 Å². The van der Waals surface area contributed by atoms with E-state index in [9.17, 15) is 10.1 Å². The monoisotopic (exact) mass is 221 g/mol. The third-order valence-corrected chi connectivity index (χ3v) is 2.09. The Morgan fingerprint density at radius 1 is 1.53 bits per heavy atom. The van der Waals surface area contributed by atoms with Crippen LogP contribution in [0.3, 0.4) is 0 Å². The molecule has 3 nitrogen and oxygen atoms in total. The first-order valence-corrected chi connectivity index (χ1v) is 5.13. The Labute approximate surface area is 94.1 Å².